The van der Waals surface area contributed by atoms with Crippen molar-refractivity contribution in [3.05, 3.63) is 0 Å². The van der Waals surface area contributed by atoms with E-state index in [4.69, 9.17) is 10.2 Å². The van der Waals surface area contributed by atoms with Crippen LogP contribution < -0.4 is 5.32 Å². The quantitative estimate of drug-likeness (QED) is 0.613. The lowest BCUT2D eigenvalue weighted by Gasteiger charge is -2.27. The number of carbonyl (C=O) groups is 2. The second-order valence-corrected chi connectivity index (χ2v) is 4.02. The normalized spacial score (nSPS) is 11.0. The number of aliphatic carboxylic acids is 1. The third-order valence-electron chi connectivity index (χ3n) is 2.21. The lowest BCUT2D eigenvalue weighted by molar-refractivity contribution is -0.143. The molecule has 0 rings (SSSR count). The fraction of sp³-hybridized carbons (Fsp3) is 0.800. The molecule has 16 heavy (non-hydrogen) atoms. The van der Waals surface area contributed by atoms with Crippen LogP contribution in [0.2, 0.25) is 0 Å². The molecular formula is C10H20N2O4. The highest BCUT2D eigenvalue weighted by atomic mass is 16.4. The summed E-state index contributed by atoms with van der Waals surface area (Å²) in [6.45, 7) is 5.53. The van der Waals surface area contributed by atoms with Crippen LogP contribution in [0.5, 0.6) is 0 Å². The van der Waals surface area contributed by atoms with Gasteiger partial charge >= 0.3 is 12.0 Å². The van der Waals surface area contributed by atoms with Crippen molar-refractivity contribution in [2.24, 2.45) is 0 Å². The Balaban J connectivity index is 4.36. The maximum Gasteiger partial charge on any atom is 0.328 e. The number of carboxylic acids is 1. The van der Waals surface area contributed by atoms with Crippen LogP contribution in [0.3, 0.4) is 0 Å². The molecule has 0 aliphatic rings. The van der Waals surface area contributed by atoms with Crippen molar-refractivity contribution in [3.63, 3.8) is 0 Å². The molecule has 0 saturated carbocycles. The Hall–Kier alpha value is -1.30. The van der Waals surface area contributed by atoms with E-state index in [-0.39, 0.29) is 6.61 Å². The summed E-state index contributed by atoms with van der Waals surface area (Å²) in [6, 6.07) is -0.427. The smallest absolute Gasteiger partial charge is 0.328 e. The van der Waals surface area contributed by atoms with Crippen LogP contribution in [0.4, 0.5) is 4.79 Å². The second kappa shape index (κ2) is 6.32. The van der Waals surface area contributed by atoms with E-state index in [1.807, 2.05) is 0 Å². The van der Waals surface area contributed by atoms with Crippen molar-refractivity contribution in [1.82, 2.24) is 10.2 Å². The molecule has 94 valence electrons. The Labute approximate surface area is 95.2 Å². The van der Waals surface area contributed by atoms with Gasteiger partial charge in [-0.05, 0) is 27.2 Å². The molecule has 0 aliphatic heterocycles. The molecular weight excluding hydrogens is 212 g/mol. The summed E-state index contributed by atoms with van der Waals surface area (Å²) >= 11 is 0. The number of nitrogens with one attached hydrogen (secondary N) is 1. The van der Waals surface area contributed by atoms with Crippen molar-refractivity contribution in [2.75, 3.05) is 19.7 Å². The maximum absolute atomic E-state index is 11.7. The first-order valence-corrected chi connectivity index (χ1v) is 5.26. The first kappa shape index (κ1) is 14.7. The molecule has 0 aromatic carbocycles. The minimum atomic E-state index is -1.29. The van der Waals surface area contributed by atoms with Crippen molar-refractivity contribution in [2.45, 2.75) is 32.7 Å². The number of amides is 2. The fourth-order valence-electron chi connectivity index (χ4n) is 1.06. The van der Waals surface area contributed by atoms with Gasteiger partial charge in [0.05, 0.1) is 0 Å². The van der Waals surface area contributed by atoms with Gasteiger partial charge in [-0.1, -0.05) is 0 Å². The average Bonchev–Trinajstić information content (AvgIpc) is 2.18. The summed E-state index contributed by atoms with van der Waals surface area (Å²) in [5.74, 6) is -1.08. The van der Waals surface area contributed by atoms with Crippen molar-refractivity contribution >= 4 is 12.0 Å². The first-order chi connectivity index (χ1) is 7.35. The van der Waals surface area contributed by atoms with Gasteiger partial charge in [-0.3, -0.25) is 0 Å². The van der Waals surface area contributed by atoms with Crippen LogP contribution in [-0.4, -0.2) is 52.3 Å². The second-order valence-electron chi connectivity index (χ2n) is 4.02. The Bertz CT molecular complexity index is 253. The van der Waals surface area contributed by atoms with Gasteiger partial charge in [0.15, 0.2) is 0 Å². The molecule has 2 amide bonds. The fourth-order valence-corrected chi connectivity index (χ4v) is 1.06. The highest BCUT2D eigenvalue weighted by Gasteiger charge is 2.30. The molecule has 0 saturated heterocycles. The van der Waals surface area contributed by atoms with Crippen LogP contribution >= 0.6 is 0 Å². The molecule has 0 radical (unpaired) electrons. The molecule has 6 heteroatoms. The summed E-state index contributed by atoms with van der Waals surface area (Å²) in [5, 5.41) is 19.9. The van der Waals surface area contributed by atoms with Gasteiger partial charge in [0, 0.05) is 19.7 Å². The van der Waals surface area contributed by atoms with Gasteiger partial charge in [-0.25, -0.2) is 9.59 Å². The van der Waals surface area contributed by atoms with E-state index in [1.54, 1.807) is 6.92 Å². The van der Waals surface area contributed by atoms with E-state index in [0.29, 0.717) is 19.5 Å². The molecule has 0 aromatic heterocycles. The number of carbonyl (C=O) groups excluding carboxylic acids is 1. The highest BCUT2D eigenvalue weighted by Crippen LogP contribution is 2.03. The molecule has 0 fully saturated rings. The summed E-state index contributed by atoms with van der Waals surface area (Å²) in [7, 11) is 0. The van der Waals surface area contributed by atoms with E-state index in [9.17, 15) is 9.59 Å². The Morgan fingerprint density at radius 3 is 2.31 bits per heavy atom. The lowest BCUT2D eigenvalue weighted by atomic mass is 10.1. The Kier molecular flexibility index (Phi) is 5.81. The van der Waals surface area contributed by atoms with Gasteiger partial charge in [0.1, 0.15) is 5.54 Å². The molecule has 3 N–H and O–H groups in total. The summed E-state index contributed by atoms with van der Waals surface area (Å²) in [4.78, 5) is 23.9. The monoisotopic (exact) mass is 232 g/mol. The zero-order valence-corrected chi connectivity index (χ0v) is 9.99. The molecule has 0 heterocycles. The van der Waals surface area contributed by atoms with Crippen molar-refractivity contribution < 1.29 is 19.8 Å². The maximum atomic E-state index is 11.7. The predicted octanol–water partition coefficient (Wildman–Crippen LogP) is 0.263. The van der Waals surface area contributed by atoms with E-state index < -0.39 is 17.5 Å². The van der Waals surface area contributed by atoms with E-state index in [1.165, 1.54) is 18.7 Å². The van der Waals surface area contributed by atoms with Gasteiger partial charge in [0.25, 0.3) is 0 Å². The van der Waals surface area contributed by atoms with Gasteiger partial charge < -0.3 is 20.4 Å². The first-order valence-electron chi connectivity index (χ1n) is 5.26. The topological polar surface area (TPSA) is 89.9 Å². The van der Waals surface area contributed by atoms with Gasteiger partial charge in [-0.15, -0.1) is 0 Å². The molecule has 0 aliphatic carbocycles. The Morgan fingerprint density at radius 2 is 1.94 bits per heavy atom. The molecule has 6 nitrogen and oxygen atoms in total. The zero-order valence-electron chi connectivity index (χ0n) is 9.99. The van der Waals surface area contributed by atoms with Crippen LogP contribution in [0, 0.1) is 0 Å². The van der Waals surface area contributed by atoms with Crippen LogP contribution in [0.15, 0.2) is 0 Å². The molecule has 0 atom stereocenters. The van der Waals surface area contributed by atoms with E-state index >= 15 is 0 Å². The predicted molar refractivity (Wildman–Crippen MR) is 59.2 cm³/mol. The minimum Gasteiger partial charge on any atom is -0.480 e. The van der Waals surface area contributed by atoms with Crippen LogP contribution in [0.25, 0.3) is 0 Å². The average molecular weight is 232 g/mol. The number of nitrogens with zero attached hydrogens (tertiary/aromatic N) is 1. The number of aliphatic hydroxyl groups excluding tert-OH is 1. The largest absolute Gasteiger partial charge is 0.480 e. The SMILES string of the molecule is CCN(CCCO)C(=O)NC(C)(C)C(=O)O. The van der Waals surface area contributed by atoms with Crippen LogP contribution in [0.1, 0.15) is 27.2 Å². The van der Waals surface area contributed by atoms with Crippen molar-refractivity contribution in [1.29, 1.82) is 0 Å². The zero-order chi connectivity index (χ0) is 12.8. The number of urea groups is 1. The van der Waals surface area contributed by atoms with E-state index in [0.717, 1.165) is 0 Å². The minimum absolute atomic E-state index is 0.00605. The molecule has 0 spiro atoms. The lowest BCUT2D eigenvalue weighted by Crippen LogP contribution is -2.54. The summed E-state index contributed by atoms with van der Waals surface area (Å²) in [5.41, 5.74) is -1.29. The Morgan fingerprint density at radius 1 is 1.38 bits per heavy atom. The number of rotatable bonds is 6. The molecule has 0 unspecified atom stereocenters. The highest BCUT2D eigenvalue weighted by molar-refractivity contribution is 5.85. The molecule has 0 bridgehead atoms. The van der Waals surface area contributed by atoms with Crippen LogP contribution in [-0.2, 0) is 4.79 Å². The van der Waals surface area contributed by atoms with Gasteiger partial charge in [-0.2, -0.15) is 0 Å². The molecule has 0 aromatic rings. The standard InChI is InChI=1S/C10H20N2O4/c1-4-12(6-5-7-13)9(16)11-10(2,3)8(14)15/h13H,4-7H2,1-3H3,(H,11,16)(H,14,15). The number of carboxylic acid groups (broad SMARTS) is 1. The third kappa shape index (κ3) is 4.48. The summed E-state index contributed by atoms with van der Waals surface area (Å²) < 4.78 is 0. The third-order valence-corrected chi connectivity index (χ3v) is 2.21. The van der Waals surface area contributed by atoms with E-state index in [2.05, 4.69) is 5.32 Å². The van der Waals surface area contributed by atoms with Gasteiger partial charge in [0.2, 0.25) is 0 Å². The number of aliphatic hydroxyl groups is 1. The van der Waals surface area contributed by atoms with Crippen molar-refractivity contribution in [3.8, 4) is 0 Å². The number of hydrogen-bond donors (Lipinski definition) is 3. The summed E-state index contributed by atoms with van der Waals surface area (Å²) in [6.07, 6.45) is 0.481. The number of hydrogen-bond acceptors (Lipinski definition) is 3.